The van der Waals surface area contributed by atoms with Crippen molar-refractivity contribution in [1.29, 1.82) is 0 Å². The van der Waals surface area contributed by atoms with Gasteiger partial charge < -0.3 is 16.3 Å². The molecule has 21 heavy (non-hydrogen) atoms. The molecular formula is C17H19N3O. The zero-order valence-corrected chi connectivity index (χ0v) is 11.7. The van der Waals surface area contributed by atoms with E-state index in [0.717, 1.165) is 17.7 Å². The molecule has 4 N–H and O–H groups in total. The van der Waals surface area contributed by atoms with Crippen LogP contribution in [0.1, 0.15) is 29.0 Å². The maximum atomic E-state index is 8.72. The number of amidine groups is 1. The van der Waals surface area contributed by atoms with Crippen LogP contribution >= 0.6 is 0 Å². The van der Waals surface area contributed by atoms with Gasteiger partial charge in [0, 0.05) is 24.1 Å². The Morgan fingerprint density at radius 1 is 1.19 bits per heavy atom. The first kappa shape index (κ1) is 13.6. The van der Waals surface area contributed by atoms with E-state index in [1.165, 1.54) is 12.0 Å². The lowest BCUT2D eigenvalue weighted by molar-refractivity contribution is 0.318. The fourth-order valence-corrected chi connectivity index (χ4v) is 2.64. The molecular weight excluding hydrogens is 262 g/mol. The molecule has 4 nitrogen and oxygen atoms in total. The molecule has 2 unspecified atom stereocenters. The molecule has 1 saturated carbocycles. The molecule has 4 heteroatoms. The molecule has 0 radical (unpaired) electrons. The van der Waals surface area contributed by atoms with Crippen molar-refractivity contribution in [3.63, 3.8) is 0 Å². The van der Waals surface area contributed by atoms with Crippen molar-refractivity contribution >= 4 is 5.84 Å². The normalized spacial score (nSPS) is 21.2. The van der Waals surface area contributed by atoms with Crippen molar-refractivity contribution in [2.24, 2.45) is 10.9 Å². The Hall–Kier alpha value is -2.33. The second-order valence-corrected chi connectivity index (χ2v) is 5.43. The first-order chi connectivity index (χ1) is 10.3. The first-order valence-electron chi connectivity index (χ1n) is 7.13. The van der Waals surface area contributed by atoms with Gasteiger partial charge in [0.25, 0.3) is 0 Å². The number of hydrogen-bond donors (Lipinski definition) is 3. The smallest absolute Gasteiger partial charge is 0.170 e. The summed E-state index contributed by atoms with van der Waals surface area (Å²) in [7, 11) is 0. The quantitative estimate of drug-likeness (QED) is 0.341. The van der Waals surface area contributed by atoms with Crippen molar-refractivity contribution in [2.75, 3.05) is 0 Å². The van der Waals surface area contributed by atoms with Crippen LogP contribution in [0, 0.1) is 0 Å². The summed E-state index contributed by atoms with van der Waals surface area (Å²) in [6, 6.07) is 18.9. The Bertz CT molecular complexity index is 639. The summed E-state index contributed by atoms with van der Waals surface area (Å²) in [5.41, 5.74) is 8.89. The largest absolute Gasteiger partial charge is 0.409 e. The van der Waals surface area contributed by atoms with Crippen LogP contribution in [0.5, 0.6) is 0 Å². The zero-order chi connectivity index (χ0) is 14.7. The Labute approximate surface area is 124 Å². The molecule has 2 atom stereocenters. The topological polar surface area (TPSA) is 70.6 Å². The minimum atomic E-state index is 0.144. The SMILES string of the molecule is NC(=NO)c1cccc(CNC2CC2c2ccccc2)c1. The van der Waals surface area contributed by atoms with Crippen molar-refractivity contribution in [3.05, 3.63) is 71.3 Å². The van der Waals surface area contributed by atoms with E-state index in [2.05, 4.69) is 34.7 Å². The van der Waals surface area contributed by atoms with E-state index >= 15 is 0 Å². The summed E-state index contributed by atoms with van der Waals surface area (Å²) in [6.45, 7) is 0.792. The fraction of sp³-hybridized carbons (Fsp3) is 0.235. The highest BCUT2D eigenvalue weighted by Crippen LogP contribution is 2.40. The number of nitrogens with zero attached hydrogens (tertiary/aromatic N) is 1. The molecule has 1 aliphatic rings. The maximum absolute atomic E-state index is 8.72. The average Bonchev–Trinajstić information content (AvgIpc) is 3.33. The van der Waals surface area contributed by atoms with E-state index < -0.39 is 0 Å². The molecule has 0 aliphatic heterocycles. The van der Waals surface area contributed by atoms with Crippen molar-refractivity contribution in [3.8, 4) is 0 Å². The summed E-state index contributed by atoms with van der Waals surface area (Å²) >= 11 is 0. The average molecular weight is 281 g/mol. The predicted octanol–water partition coefficient (Wildman–Crippen LogP) is 2.43. The van der Waals surface area contributed by atoms with Crippen molar-refractivity contribution in [1.82, 2.24) is 5.32 Å². The lowest BCUT2D eigenvalue weighted by atomic mass is 10.1. The third-order valence-electron chi connectivity index (χ3n) is 3.92. The van der Waals surface area contributed by atoms with Crippen LogP contribution in [0.4, 0.5) is 0 Å². The molecule has 0 heterocycles. The van der Waals surface area contributed by atoms with E-state index in [1.807, 2.05) is 30.3 Å². The van der Waals surface area contributed by atoms with Crippen LogP contribution in [-0.2, 0) is 6.54 Å². The molecule has 0 spiro atoms. The molecule has 0 saturated heterocycles. The van der Waals surface area contributed by atoms with Crippen LogP contribution in [-0.4, -0.2) is 17.1 Å². The van der Waals surface area contributed by atoms with Crippen LogP contribution in [0.2, 0.25) is 0 Å². The highest BCUT2D eigenvalue weighted by atomic mass is 16.4. The zero-order valence-electron chi connectivity index (χ0n) is 11.7. The van der Waals surface area contributed by atoms with E-state index in [1.54, 1.807) is 0 Å². The highest BCUT2D eigenvalue weighted by molar-refractivity contribution is 5.97. The second kappa shape index (κ2) is 5.97. The van der Waals surface area contributed by atoms with Crippen molar-refractivity contribution in [2.45, 2.75) is 24.9 Å². The van der Waals surface area contributed by atoms with Crippen LogP contribution < -0.4 is 11.1 Å². The van der Waals surface area contributed by atoms with Crippen LogP contribution in [0.15, 0.2) is 59.8 Å². The van der Waals surface area contributed by atoms with E-state index in [0.29, 0.717) is 12.0 Å². The third kappa shape index (κ3) is 3.23. The Kier molecular flexibility index (Phi) is 3.88. The number of nitrogens with two attached hydrogens (primary N) is 1. The van der Waals surface area contributed by atoms with Gasteiger partial charge in [-0.3, -0.25) is 0 Å². The van der Waals surface area contributed by atoms with Gasteiger partial charge in [-0.1, -0.05) is 53.7 Å². The molecule has 0 amide bonds. The Morgan fingerprint density at radius 3 is 2.76 bits per heavy atom. The minimum absolute atomic E-state index is 0.144. The lowest BCUT2D eigenvalue weighted by Gasteiger charge is -2.06. The summed E-state index contributed by atoms with van der Waals surface area (Å²) < 4.78 is 0. The molecule has 1 aliphatic carbocycles. The number of rotatable bonds is 5. The van der Waals surface area contributed by atoms with Crippen LogP contribution in [0.25, 0.3) is 0 Å². The van der Waals surface area contributed by atoms with Gasteiger partial charge in [-0.15, -0.1) is 0 Å². The first-order valence-corrected chi connectivity index (χ1v) is 7.13. The Morgan fingerprint density at radius 2 is 2.00 bits per heavy atom. The standard InChI is InChI=1S/C17H19N3O/c18-17(20-21)14-8-4-5-12(9-14)11-19-16-10-15(16)13-6-2-1-3-7-13/h1-9,15-16,19,21H,10-11H2,(H2,18,20). The summed E-state index contributed by atoms with van der Waals surface area (Å²) in [5.74, 6) is 0.767. The molecule has 1 fully saturated rings. The van der Waals surface area contributed by atoms with E-state index in [9.17, 15) is 0 Å². The van der Waals surface area contributed by atoms with Gasteiger partial charge in [-0.25, -0.2) is 0 Å². The number of nitrogens with one attached hydrogen (secondary N) is 1. The molecule has 2 aromatic carbocycles. The number of benzene rings is 2. The van der Waals surface area contributed by atoms with Gasteiger partial charge in [0.1, 0.15) is 0 Å². The van der Waals surface area contributed by atoms with Gasteiger partial charge in [-0.2, -0.15) is 0 Å². The van der Waals surface area contributed by atoms with Gasteiger partial charge in [0.15, 0.2) is 5.84 Å². The highest BCUT2D eigenvalue weighted by Gasteiger charge is 2.37. The van der Waals surface area contributed by atoms with E-state index in [4.69, 9.17) is 10.9 Å². The molecule has 2 aromatic rings. The summed E-state index contributed by atoms with van der Waals surface area (Å²) in [6.07, 6.45) is 1.18. The lowest BCUT2D eigenvalue weighted by Crippen LogP contribution is -2.18. The predicted molar refractivity (Wildman–Crippen MR) is 83.4 cm³/mol. The molecule has 3 rings (SSSR count). The van der Waals surface area contributed by atoms with Crippen molar-refractivity contribution < 1.29 is 5.21 Å². The second-order valence-electron chi connectivity index (χ2n) is 5.43. The van der Waals surface area contributed by atoms with Gasteiger partial charge >= 0.3 is 0 Å². The molecule has 108 valence electrons. The molecule has 0 bridgehead atoms. The molecule has 0 aromatic heterocycles. The van der Waals surface area contributed by atoms with Crippen LogP contribution in [0.3, 0.4) is 0 Å². The number of oxime groups is 1. The van der Waals surface area contributed by atoms with Gasteiger partial charge in [-0.05, 0) is 23.6 Å². The third-order valence-corrected chi connectivity index (χ3v) is 3.92. The van der Waals surface area contributed by atoms with Gasteiger partial charge in [0.05, 0.1) is 0 Å². The monoisotopic (exact) mass is 281 g/mol. The maximum Gasteiger partial charge on any atom is 0.170 e. The van der Waals surface area contributed by atoms with Gasteiger partial charge in [0.2, 0.25) is 0 Å². The Balaban J connectivity index is 1.57. The van der Waals surface area contributed by atoms with E-state index in [-0.39, 0.29) is 5.84 Å². The fourth-order valence-electron chi connectivity index (χ4n) is 2.64. The number of hydrogen-bond acceptors (Lipinski definition) is 3. The summed E-state index contributed by atoms with van der Waals surface area (Å²) in [5, 5.41) is 15.3. The minimum Gasteiger partial charge on any atom is -0.409 e. The summed E-state index contributed by atoms with van der Waals surface area (Å²) in [4.78, 5) is 0.